The fourth-order valence-corrected chi connectivity index (χ4v) is 4.53. The summed E-state index contributed by atoms with van der Waals surface area (Å²) in [5.41, 5.74) is 8.72. The van der Waals surface area contributed by atoms with Gasteiger partial charge in [0.15, 0.2) is 0 Å². The molecule has 2 N–H and O–H groups in total. The van der Waals surface area contributed by atoms with Crippen LogP contribution in [0.2, 0.25) is 0 Å². The van der Waals surface area contributed by atoms with Crippen LogP contribution in [0, 0.1) is 19.9 Å². The number of phenols is 2. The number of benzene rings is 4. The van der Waals surface area contributed by atoms with Crippen molar-refractivity contribution >= 4 is 11.4 Å². The SMILES string of the molecule is Cc1ccc2c(c1)[N-]C2c1ccccc1O.Cc1ccc2c(c1)[N-]C2c1ccccc1O.[C-]1=CC=CC1.[Cl-].[Ti+4]. The minimum Gasteiger partial charge on any atom is -1.00 e. The molecule has 0 saturated carbocycles. The van der Waals surface area contributed by atoms with Crippen LogP contribution in [0.4, 0.5) is 11.4 Å². The van der Waals surface area contributed by atoms with Crippen LogP contribution in [0.5, 0.6) is 11.5 Å². The molecule has 2 unspecified atom stereocenters. The van der Waals surface area contributed by atoms with Crippen molar-refractivity contribution in [1.29, 1.82) is 0 Å². The number of hydrogen-bond acceptors (Lipinski definition) is 2. The first kappa shape index (κ1) is 30.1. The largest absolute Gasteiger partial charge is 4.00 e. The molecule has 7 rings (SSSR count). The molecule has 4 aromatic carbocycles. The van der Waals surface area contributed by atoms with Crippen LogP contribution in [-0.2, 0) is 21.7 Å². The molecular formula is C33H29ClN2O2Ti. The van der Waals surface area contributed by atoms with Gasteiger partial charge in [-0.1, -0.05) is 107 Å². The topological polar surface area (TPSA) is 68.7 Å². The van der Waals surface area contributed by atoms with E-state index in [-0.39, 0.29) is 46.2 Å². The molecule has 0 radical (unpaired) electrons. The predicted octanol–water partition coefficient (Wildman–Crippen LogP) is 5.92. The summed E-state index contributed by atoms with van der Waals surface area (Å²) < 4.78 is 0. The molecule has 0 aromatic heterocycles. The maximum Gasteiger partial charge on any atom is 4.00 e. The van der Waals surface area contributed by atoms with E-state index in [9.17, 15) is 10.2 Å². The molecule has 3 aliphatic rings. The van der Waals surface area contributed by atoms with Gasteiger partial charge in [0.25, 0.3) is 0 Å². The van der Waals surface area contributed by atoms with Gasteiger partial charge in [0, 0.05) is 0 Å². The Kier molecular flexibility index (Phi) is 10.5. The van der Waals surface area contributed by atoms with Crippen molar-refractivity contribution in [3.8, 4) is 11.5 Å². The van der Waals surface area contributed by atoms with Crippen LogP contribution in [-0.4, -0.2) is 10.2 Å². The molecular weight excluding hydrogens is 540 g/mol. The van der Waals surface area contributed by atoms with Crippen molar-refractivity contribution < 1.29 is 44.3 Å². The summed E-state index contributed by atoms with van der Waals surface area (Å²) in [5.74, 6) is 0.643. The number of rotatable bonds is 2. The Morgan fingerprint density at radius 3 is 1.46 bits per heavy atom. The third kappa shape index (κ3) is 6.77. The van der Waals surface area contributed by atoms with Crippen molar-refractivity contribution in [1.82, 2.24) is 0 Å². The molecule has 4 aromatic rings. The first-order chi connectivity index (χ1) is 18.0. The van der Waals surface area contributed by atoms with Crippen molar-refractivity contribution in [2.45, 2.75) is 32.4 Å². The molecule has 2 heterocycles. The quantitative estimate of drug-likeness (QED) is 0.233. The monoisotopic (exact) mass is 568 g/mol. The van der Waals surface area contributed by atoms with Crippen LogP contribution in [0.25, 0.3) is 10.6 Å². The molecule has 194 valence electrons. The number of halogens is 1. The number of hydrogen-bond donors (Lipinski definition) is 2. The van der Waals surface area contributed by atoms with E-state index in [0.717, 1.165) is 28.9 Å². The summed E-state index contributed by atoms with van der Waals surface area (Å²) in [4.78, 5) is 0. The van der Waals surface area contributed by atoms with Gasteiger partial charge in [-0.15, -0.1) is 17.8 Å². The van der Waals surface area contributed by atoms with Crippen LogP contribution >= 0.6 is 0 Å². The van der Waals surface area contributed by atoms with E-state index in [2.05, 4.69) is 73.0 Å². The van der Waals surface area contributed by atoms with Crippen molar-refractivity contribution in [3.63, 3.8) is 0 Å². The van der Waals surface area contributed by atoms with E-state index >= 15 is 0 Å². The number of allylic oxidation sites excluding steroid dienone is 4. The third-order valence-corrected chi connectivity index (χ3v) is 6.55. The Bertz CT molecular complexity index is 1370. The zero-order valence-electron chi connectivity index (χ0n) is 21.8. The van der Waals surface area contributed by atoms with E-state index < -0.39 is 0 Å². The van der Waals surface area contributed by atoms with Crippen LogP contribution in [0.1, 0.15) is 51.9 Å². The smallest absolute Gasteiger partial charge is 1.00 e. The predicted molar refractivity (Wildman–Crippen MR) is 150 cm³/mol. The van der Waals surface area contributed by atoms with Gasteiger partial charge in [0.1, 0.15) is 11.5 Å². The first-order valence-electron chi connectivity index (χ1n) is 12.4. The molecule has 1 aliphatic carbocycles. The summed E-state index contributed by atoms with van der Waals surface area (Å²) in [7, 11) is 0. The van der Waals surface area contributed by atoms with E-state index in [0.29, 0.717) is 11.5 Å². The van der Waals surface area contributed by atoms with Gasteiger partial charge >= 0.3 is 21.7 Å². The van der Waals surface area contributed by atoms with Gasteiger partial charge in [-0.3, -0.25) is 6.08 Å². The van der Waals surface area contributed by atoms with Gasteiger partial charge in [-0.25, -0.2) is 12.2 Å². The average Bonchev–Trinajstić information content (AvgIpc) is 3.45. The molecule has 0 fully saturated rings. The second kappa shape index (κ2) is 13.6. The van der Waals surface area contributed by atoms with Gasteiger partial charge in [-0.05, 0) is 37.1 Å². The Labute approximate surface area is 251 Å². The third-order valence-electron chi connectivity index (χ3n) is 6.55. The molecule has 0 saturated heterocycles. The van der Waals surface area contributed by atoms with Crippen molar-refractivity contribution in [3.05, 3.63) is 153 Å². The summed E-state index contributed by atoms with van der Waals surface area (Å²) in [6.07, 6.45) is 10.0. The van der Waals surface area contributed by atoms with E-state index in [1.165, 1.54) is 22.3 Å². The van der Waals surface area contributed by atoms with Crippen LogP contribution in [0.3, 0.4) is 0 Å². The number of aromatic hydroxyl groups is 2. The number of fused-ring (bicyclic) bond motifs is 2. The summed E-state index contributed by atoms with van der Waals surface area (Å²) in [5, 5.41) is 28.6. The van der Waals surface area contributed by atoms with Crippen molar-refractivity contribution in [2.24, 2.45) is 0 Å². The first-order valence-corrected chi connectivity index (χ1v) is 12.4. The maximum atomic E-state index is 9.77. The Balaban J connectivity index is 0.000000176. The minimum absolute atomic E-state index is 0. The molecule has 4 nitrogen and oxygen atoms in total. The Morgan fingerprint density at radius 1 is 0.667 bits per heavy atom. The van der Waals surface area contributed by atoms with Gasteiger partial charge in [0.05, 0.1) is 0 Å². The zero-order chi connectivity index (χ0) is 25.8. The van der Waals surface area contributed by atoms with Gasteiger partial charge < -0.3 is 33.3 Å². The molecule has 0 bridgehead atoms. The van der Waals surface area contributed by atoms with E-state index in [1.807, 2.05) is 48.6 Å². The second-order valence-electron chi connectivity index (χ2n) is 9.31. The zero-order valence-corrected chi connectivity index (χ0v) is 24.2. The average molecular weight is 569 g/mol. The van der Waals surface area contributed by atoms with E-state index in [1.54, 1.807) is 12.1 Å². The van der Waals surface area contributed by atoms with E-state index in [4.69, 9.17) is 0 Å². The Morgan fingerprint density at radius 2 is 1.13 bits per heavy atom. The molecule has 0 amide bonds. The van der Waals surface area contributed by atoms with Gasteiger partial charge in [0.2, 0.25) is 0 Å². The molecule has 0 spiro atoms. The summed E-state index contributed by atoms with van der Waals surface area (Å²) in [6, 6.07) is 27.3. The number of nitrogens with zero attached hydrogens (tertiary/aromatic N) is 2. The number of para-hydroxylation sites is 2. The number of aryl methyl sites for hydroxylation is 2. The standard InChI is InChI=1S/2C14H12NO.C5H5.ClH.Ti/c2*1-9-6-7-10-12(8-9)15-14(10)11-4-2-3-5-13(11)16;1-2-4-5-3-1;;/h2*2-8,14,16H,1H3;1-3H,4H2;1H;/q3*-1;;+4/p-1. The normalized spacial score (nSPS) is 16.4. The molecule has 2 aliphatic heterocycles. The van der Waals surface area contributed by atoms with Crippen molar-refractivity contribution in [2.75, 3.05) is 0 Å². The maximum absolute atomic E-state index is 9.77. The fraction of sp³-hybridized carbons (Fsp3) is 0.152. The summed E-state index contributed by atoms with van der Waals surface area (Å²) >= 11 is 0. The number of phenolic OH excluding ortho intramolecular Hbond substituents is 2. The van der Waals surface area contributed by atoms with Gasteiger partial charge in [-0.2, -0.15) is 6.08 Å². The van der Waals surface area contributed by atoms with Crippen LogP contribution in [0.15, 0.2) is 103 Å². The molecule has 6 heteroatoms. The molecule has 39 heavy (non-hydrogen) atoms. The Hall–Kier alpha value is -3.44. The summed E-state index contributed by atoms with van der Waals surface area (Å²) in [6.45, 7) is 4.12. The second-order valence-corrected chi connectivity index (χ2v) is 9.31. The fourth-order valence-electron chi connectivity index (χ4n) is 4.53. The van der Waals surface area contributed by atoms with Crippen LogP contribution < -0.4 is 12.4 Å². The molecule has 2 atom stereocenters. The minimum atomic E-state index is 0.